The number of hydrogen-bond acceptors (Lipinski definition) is 0. The first-order valence-corrected chi connectivity index (χ1v) is 0. The molecular weight excluding hydrogens is 9930 g/mol. The van der Waals surface area contributed by atoms with Gasteiger partial charge in [0.1, 0.15) is 0 Å². The van der Waals surface area contributed by atoms with E-state index in [2.05, 4.69) is 0 Å². The van der Waals surface area contributed by atoms with Crippen LogP contribution in [0.3, 0.4) is 0 Å². The van der Waals surface area contributed by atoms with Crippen LogP contribution in [0.15, 0.2) is 0 Å². The predicted molar refractivity (Wildman–Crippen MR) is 0 cm³/mol. The van der Waals surface area contributed by atoms with Crippen molar-refractivity contribution < 1.29 is 1140 Å². The molecular formula is W54. The fourth-order valence-electron chi connectivity index (χ4n) is 0. The van der Waals surface area contributed by atoms with Crippen molar-refractivity contribution in [2.75, 3.05) is 0 Å². The first-order chi connectivity index (χ1) is 0. The van der Waals surface area contributed by atoms with Crippen LogP contribution in [-0.4, -0.2) is 0 Å². The second-order valence-electron chi connectivity index (χ2n) is 0. The minimum absolute atomic E-state index is 0. The van der Waals surface area contributed by atoms with Crippen molar-refractivity contribution >= 4 is 0 Å². The van der Waals surface area contributed by atoms with Gasteiger partial charge in [0.05, 0.1) is 0 Å². The Morgan fingerprint density at radius 2 is 0.0185 bits per heavy atom. The Morgan fingerprint density at radius 1 is 0.0185 bits per heavy atom. The summed E-state index contributed by atoms with van der Waals surface area (Å²) in [6.45, 7) is 0. The van der Waals surface area contributed by atoms with Crippen LogP contribution in [0.25, 0.3) is 0 Å². The zero-order chi connectivity index (χ0) is 0. The Kier molecular flexibility index (Phi) is 5160. The minimum atomic E-state index is 0. The molecule has 0 aliphatic heterocycles. The van der Waals surface area contributed by atoms with Gasteiger partial charge < -0.3 is 0 Å². The van der Waals surface area contributed by atoms with Gasteiger partial charge in [-0.25, -0.2) is 0 Å². The van der Waals surface area contributed by atoms with Gasteiger partial charge in [-0.05, 0) is 0 Å². The third kappa shape index (κ3) is 502. The van der Waals surface area contributed by atoms with Crippen LogP contribution in [0.1, 0.15) is 0 Å². The first-order valence-electron chi connectivity index (χ1n) is 0. The van der Waals surface area contributed by atoms with Crippen molar-refractivity contribution in [3.05, 3.63) is 0 Å². The average molecular weight is 9930 g/mol. The second-order valence-corrected chi connectivity index (χ2v) is 0. The Bertz CT molecular complexity index is 0. The monoisotopic (exact) mass is 9930 g/mol. The summed E-state index contributed by atoms with van der Waals surface area (Å²) in [6, 6.07) is 0. The number of rotatable bonds is 0. The summed E-state index contributed by atoms with van der Waals surface area (Å²) in [7, 11) is 0. The molecule has 0 spiro atoms. The number of hydrogen-bond donors (Lipinski definition) is 0. The summed E-state index contributed by atoms with van der Waals surface area (Å²) in [4.78, 5) is 0. The molecule has 0 nitrogen and oxygen atoms in total. The maximum Gasteiger partial charge on any atom is 0 e. The summed E-state index contributed by atoms with van der Waals surface area (Å²) in [5, 5.41) is 0. The molecule has 0 radical (unpaired) electrons. The Hall–Kier alpha value is 37.2. The maximum absolute atomic E-state index is 0. The molecule has 0 saturated heterocycles. The molecule has 0 rings (SSSR count). The van der Waals surface area contributed by atoms with Crippen molar-refractivity contribution in [1.29, 1.82) is 0 Å². The fourth-order valence-corrected chi connectivity index (χ4v) is 0. The predicted octanol–water partition coefficient (Wildman–Crippen LogP) is -0.135. The van der Waals surface area contributed by atoms with Crippen LogP contribution in [0, 0.1) is 0 Å². The molecule has 0 fully saturated rings. The topological polar surface area (TPSA) is 0 Å². The van der Waals surface area contributed by atoms with E-state index in [1.807, 2.05) is 0 Å². The van der Waals surface area contributed by atoms with E-state index in [-0.39, 0.29) is 1140 Å². The molecule has 0 saturated carbocycles. The molecule has 0 aliphatic rings. The van der Waals surface area contributed by atoms with E-state index in [0.29, 0.717) is 0 Å². The molecule has 324 valence electrons. The van der Waals surface area contributed by atoms with Gasteiger partial charge in [0.2, 0.25) is 0 Å². The van der Waals surface area contributed by atoms with Gasteiger partial charge >= 0.3 is 0 Å². The summed E-state index contributed by atoms with van der Waals surface area (Å²) in [5.41, 5.74) is 0. The van der Waals surface area contributed by atoms with Crippen LogP contribution in [0.2, 0.25) is 0 Å². The molecule has 0 bridgehead atoms. The zero-order valence-corrected chi connectivity index (χ0v) is 180. The van der Waals surface area contributed by atoms with Crippen LogP contribution in [-0.2, 0) is 1140 Å². The van der Waals surface area contributed by atoms with Crippen molar-refractivity contribution in [2.45, 2.75) is 0 Å². The van der Waals surface area contributed by atoms with E-state index in [1.54, 1.807) is 0 Å². The molecule has 0 heterocycles. The molecule has 0 atom stereocenters. The molecule has 54 heavy (non-hydrogen) atoms. The van der Waals surface area contributed by atoms with Crippen LogP contribution >= 0.6 is 0 Å². The van der Waals surface area contributed by atoms with Crippen molar-refractivity contribution in [3.8, 4) is 0 Å². The minimum Gasteiger partial charge on any atom is 0 e. The molecule has 0 aromatic carbocycles. The van der Waals surface area contributed by atoms with E-state index < -0.39 is 0 Å². The van der Waals surface area contributed by atoms with Gasteiger partial charge in [0, 0.05) is 1140 Å². The van der Waals surface area contributed by atoms with Crippen molar-refractivity contribution in [1.82, 2.24) is 0 Å². The fraction of sp³-hybridized carbons (Fsp3) is 0. The molecule has 0 unspecified atom stereocenters. The van der Waals surface area contributed by atoms with Gasteiger partial charge in [-0.3, -0.25) is 0 Å². The third-order valence-corrected chi connectivity index (χ3v) is 0. The van der Waals surface area contributed by atoms with E-state index in [9.17, 15) is 0 Å². The van der Waals surface area contributed by atoms with Gasteiger partial charge in [-0.15, -0.1) is 0 Å². The Labute approximate surface area is 1100 Å². The second kappa shape index (κ2) is 519. The zero-order valence-electron chi connectivity index (χ0n) is 22.0. The van der Waals surface area contributed by atoms with Gasteiger partial charge in [0.25, 0.3) is 0 Å². The molecule has 0 N–H and O–H groups in total. The van der Waals surface area contributed by atoms with Gasteiger partial charge in [0.15, 0.2) is 0 Å². The van der Waals surface area contributed by atoms with Crippen LogP contribution in [0.5, 0.6) is 0 Å². The van der Waals surface area contributed by atoms with Crippen molar-refractivity contribution in [2.24, 2.45) is 0 Å². The first kappa shape index (κ1) is 537. The normalized spacial score (nSPS) is 0. The van der Waals surface area contributed by atoms with E-state index in [0.717, 1.165) is 0 Å². The largest absolute Gasteiger partial charge is 0 e. The Balaban J connectivity index is 0. The van der Waals surface area contributed by atoms with E-state index in [4.69, 9.17) is 0 Å². The smallest absolute Gasteiger partial charge is 0 e. The van der Waals surface area contributed by atoms with Crippen molar-refractivity contribution in [3.63, 3.8) is 0 Å². The van der Waals surface area contributed by atoms with E-state index >= 15 is 0 Å². The average Bonchev–Trinajstić information content (AvgIpc) is 0. The van der Waals surface area contributed by atoms with Gasteiger partial charge in [-0.2, -0.15) is 0 Å². The van der Waals surface area contributed by atoms with Crippen LogP contribution in [0.4, 0.5) is 0 Å². The third-order valence-electron chi connectivity index (χ3n) is 0. The Morgan fingerprint density at radius 3 is 0.0185 bits per heavy atom. The molecule has 0 amide bonds. The molecule has 0 aromatic heterocycles. The summed E-state index contributed by atoms with van der Waals surface area (Å²) >= 11 is 0. The summed E-state index contributed by atoms with van der Waals surface area (Å²) in [6.07, 6.45) is 0. The maximum atomic E-state index is 0. The van der Waals surface area contributed by atoms with Gasteiger partial charge in [-0.1, -0.05) is 0 Å². The SMILES string of the molecule is [W].[W].[W].[W].[W].[W].[W].[W].[W].[W].[W].[W].[W].[W].[W].[W].[W].[W].[W].[W].[W].[W].[W].[W].[W].[W].[W].[W].[W].[W].[W].[W].[W].[W].[W].[W].[W].[W].[W].[W].[W].[W].[W].[W].[W].[W].[W].[W].[W].[W].[W].[W].[W].[W]. The summed E-state index contributed by atoms with van der Waals surface area (Å²) in [5.74, 6) is 0. The quantitative estimate of drug-likeness (QED) is 0.318. The van der Waals surface area contributed by atoms with Crippen LogP contribution < -0.4 is 0 Å². The van der Waals surface area contributed by atoms with E-state index in [1.165, 1.54) is 0 Å². The molecule has 0 aromatic rings. The molecule has 0 aliphatic carbocycles. The summed E-state index contributed by atoms with van der Waals surface area (Å²) < 4.78 is 0. The molecule has 54 heteroatoms. The standard InChI is InChI=1S/54W.